The van der Waals surface area contributed by atoms with Crippen molar-refractivity contribution in [1.29, 1.82) is 0 Å². The molecule has 2 amide bonds. The van der Waals surface area contributed by atoms with Crippen molar-refractivity contribution in [2.24, 2.45) is 5.73 Å². The van der Waals surface area contributed by atoms with Crippen LogP contribution in [0.2, 0.25) is 0 Å². The van der Waals surface area contributed by atoms with Crippen LogP contribution in [0.3, 0.4) is 0 Å². The molecule has 0 fully saturated rings. The van der Waals surface area contributed by atoms with E-state index in [9.17, 15) is 32.7 Å². The zero-order valence-electron chi connectivity index (χ0n) is 23.7. The van der Waals surface area contributed by atoms with Gasteiger partial charge in [0.2, 0.25) is 0 Å². The summed E-state index contributed by atoms with van der Waals surface area (Å²) in [5, 5.41) is 15.6. The molecular weight excluding hydrogens is 570 g/mol. The second-order valence-corrected chi connectivity index (χ2v) is 12.1. The van der Waals surface area contributed by atoms with Gasteiger partial charge in [-0.2, -0.15) is 0 Å². The van der Waals surface area contributed by atoms with Crippen molar-refractivity contribution < 1.29 is 32.7 Å². The number of carbonyl (C=O) groups is 4. The molecule has 0 aromatic heterocycles. The van der Waals surface area contributed by atoms with Gasteiger partial charge in [-0.1, -0.05) is 84.9 Å². The maximum Gasteiger partial charge on any atom is 0.303 e. The van der Waals surface area contributed by atoms with Crippen LogP contribution in [0.1, 0.15) is 34.3 Å². The van der Waals surface area contributed by atoms with Crippen LogP contribution >= 0.6 is 0 Å². The van der Waals surface area contributed by atoms with E-state index < -0.39 is 57.4 Å². The first kappa shape index (κ1) is 32.9. The van der Waals surface area contributed by atoms with Crippen LogP contribution in [0, 0.1) is 0 Å². The normalized spacial score (nSPS) is 14.3. The van der Waals surface area contributed by atoms with E-state index in [2.05, 4.69) is 10.6 Å². The van der Waals surface area contributed by atoms with Crippen LogP contribution in [-0.2, 0) is 37.1 Å². The minimum Gasteiger partial charge on any atom is -0.481 e. The molecule has 3 rings (SSSR count). The van der Waals surface area contributed by atoms with Crippen molar-refractivity contribution in [3.8, 4) is 0 Å². The lowest BCUT2D eigenvalue weighted by Gasteiger charge is -2.35. The quantitative estimate of drug-likeness (QED) is 0.191. The molecule has 226 valence electrons. The lowest BCUT2D eigenvalue weighted by molar-refractivity contribution is -0.139. The van der Waals surface area contributed by atoms with Gasteiger partial charge >= 0.3 is 5.97 Å². The van der Waals surface area contributed by atoms with E-state index in [1.54, 1.807) is 72.8 Å². The Morgan fingerprint density at radius 2 is 1.42 bits per heavy atom. The maximum atomic E-state index is 14.3. The van der Waals surface area contributed by atoms with Gasteiger partial charge in [0.15, 0.2) is 21.2 Å². The molecule has 0 aliphatic rings. The third-order valence-electron chi connectivity index (χ3n) is 6.66. The Kier molecular flexibility index (Phi) is 11.5. The van der Waals surface area contributed by atoms with E-state index in [4.69, 9.17) is 5.73 Å². The summed E-state index contributed by atoms with van der Waals surface area (Å²) in [6.07, 6.45) is 1.48. The van der Waals surface area contributed by atoms with Gasteiger partial charge in [0.25, 0.3) is 11.8 Å². The van der Waals surface area contributed by atoms with Crippen LogP contribution in [0.25, 0.3) is 0 Å². The molecule has 5 N–H and O–H groups in total. The Hall–Kier alpha value is -4.61. The lowest BCUT2D eigenvalue weighted by Crippen LogP contribution is -2.69. The summed E-state index contributed by atoms with van der Waals surface area (Å²) in [6.45, 7) is 0. The molecule has 3 aromatic rings. The number of carbonyl (C=O) groups excluding carboxylic acids is 3. The highest BCUT2D eigenvalue weighted by molar-refractivity contribution is 7.93. The Bertz CT molecular complexity index is 1550. The van der Waals surface area contributed by atoms with Crippen molar-refractivity contribution in [2.75, 3.05) is 6.26 Å². The summed E-state index contributed by atoms with van der Waals surface area (Å²) in [7, 11) is -3.58. The average Bonchev–Trinajstić information content (AvgIpc) is 2.98. The molecule has 0 bridgehead atoms. The number of nitrogens with one attached hydrogen (secondary N) is 2. The zero-order valence-corrected chi connectivity index (χ0v) is 24.5. The number of Topliss-reactive ketones (excluding diaryl/α,β-unsaturated/α-hetero) is 1. The van der Waals surface area contributed by atoms with Crippen molar-refractivity contribution in [3.63, 3.8) is 0 Å². The Morgan fingerprint density at radius 3 is 1.95 bits per heavy atom. The molecule has 0 unspecified atom stereocenters. The van der Waals surface area contributed by atoms with E-state index in [1.807, 2.05) is 6.07 Å². The first-order valence-corrected chi connectivity index (χ1v) is 15.5. The second kappa shape index (κ2) is 15.0. The highest BCUT2D eigenvalue weighted by Crippen LogP contribution is 2.21. The van der Waals surface area contributed by atoms with Crippen LogP contribution in [0.5, 0.6) is 0 Å². The molecule has 0 heterocycles. The molecule has 3 atom stereocenters. The van der Waals surface area contributed by atoms with Gasteiger partial charge in [-0.25, -0.2) is 8.42 Å². The van der Waals surface area contributed by atoms with E-state index in [1.165, 1.54) is 18.2 Å². The molecule has 3 aromatic carbocycles. The van der Waals surface area contributed by atoms with Gasteiger partial charge in [0, 0.05) is 30.1 Å². The average molecular weight is 606 g/mol. The molecule has 43 heavy (non-hydrogen) atoms. The minimum atomic E-state index is -3.58. The van der Waals surface area contributed by atoms with E-state index >= 15 is 0 Å². The third kappa shape index (κ3) is 10.0. The monoisotopic (exact) mass is 605 g/mol. The number of carboxylic acids is 1. The number of nitrogens with two attached hydrogens (primary N) is 1. The number of amides is 2. The molecule has 11 heteroatoms. The number of rotatable bonds is 15. The number of ketones is 1. The summed E-state index contributed by atoms with van der Waals surface area (Å²) >= 11 is 0. The summed E-state index contributed by atoms with van der Waals surface area (Å²) in [5.41, 5.74) is 5.39. The van der Waals surface area contributed by atoms with Gasteiger partial charge in [-0.15, -0.1) is 0 Å². The standard InChI is InChI=1S/C32H35N3O7S/c1-43(41,42)20-19-26(21-23-11-5-2-6-12-23)34-31(40)32(22-24-13-7-3-8-14-24,29(38)27(33)17-18-28(36)37)35-30(39)25-15-9-4-10-16-25/h2-16,19-20,26-27H,17-18,21-22,33H2,1H3,(H,34,40)(H,35,39)(H,36,37)/t26-,27+,32-/m1/s1. The lowest BCUT2D eigenvalue weighted by atomic mass is 9.80. The first-order valence-electron chi connectivity index (χ1n) is 13.6. The van der Waals surface area contributed by atoms with Crippen LogP contribution in [-0.4, -0.2) is 61.0 Å². The molecule has 10 nitrogen and oxygen atoms in total. The molecular formula is C32H35N3O7S. The van der Waals surface area contributed by atoms with Gasteiger partial charge < -0.3 is 21.5 Å². The zero-order chi connectivity index (χ0) is 31.5. The van der Waals surface area contributed by atoms with E-state index in [0.717, 1.165) is 17.2 Å². The predicted octanol–water partition coefficient (Wildman–Crippen LogP) is 2.44. The highest BCUT2D eigenvalue weighted by atomic mass is 32.2. The summed E-state index contributed by atoms with van der Waals surface area (Å²) in [4.78, 5) is 53.3. The smallest absolute Gasteiger partial charge is 0.303 e. The van der Waals surface area contributed by atoms with Crippen LogP contribution in [0.4, 0.5) is 0 Å². The molecule has 0 aliphatic heterocycles. The fourth-order valence-corrected chi connectivity index (χ4v) is 4.97. The molecule has 0 saturated heterocycles. The van der Waals surface area contributed by atoms with Gasteiger partial charge in [0.05, 0.1) is 12.1 Å². The van der Waals surface area contributed by atoms with Crippen LogP contribution in [0.15, 0.2) is 102 Å². The van der Waals surface area contributed by atoms with Gasteiger partial charge in [-0.3, -0.25) is 19.2 Å². The molecule has 0 radical (unpaired) electrons. The molecule has 0 aliphatic carbocycles. The van der Waals surface area contributed by atoms with Crippen LogP contribution < -0.4 is 16.4 Å². The SMILES string of the molecule is CS(=O)(=O)C=C[C@H](Cc1ccccc1)NC(=O)[C@](Cc1ccccc1)(NC(=O)c1ccccc1)C(=O)[C@@H](N)CCC(=O)O. The third-order valence-corrected chi connectivity index (χ3v) is 7.31. The van der Waals surface area contributed by atoms with Crippen molar-refractivity contribution in [2.45, 2.75) is 43.3 Å². The summed E-state index contributed by atoms with van der Waals surface area (Å²) < 4.78 is 23.9. The van der Waals surface area contributed by atoms with E-state index in [-0.39, 0.29) is 24.8 Å². The number of hydrogen-bond acceptors (Lipinski definition) is 7. The number of sulfone groups is 1. The fraction of sp³-hybridized carbons (Fsp3) is 0.250. The summed E-state index contributed by atoms with van der Waals surface area (Å²) in [5.74, 6) is -3.71. The predicted molar refractivity (Wildman–Crippen MR) is 163 cm³/mol. The Labute approximate surface area is 250 Å². The fourth-order valence-electron chi connectivity index (χ4n) is 4.49. The molecule has 0 saturated carbocycles. The molecule has 0 spiro atoms. The number of hydrogen-bond donors (Lipinski definition) is 4. The van der Waals surface area contributed by atoms with Crippen molar-refractivity contribution in [1.82, 2.24) is 10.6 Å². The first-order chi connectivity index (χ1) is 20.4. The summed E-state index contributed by atoms with van der Waals surface area (Å²) in [6, 6.07) is 23.2. The van der Waals surface area contributed by atoms with Crippen molar-refractivity contribution >= 4 is 33.4 Å². The second-order valence-electron chi connectivity index (χ2n) is 10.2. The van der Waals surface area contributed by atoms with E-state index in [0.29, 0.717) is 5.56 Å². The minimum absolute atomic E-state index is 0.173. The van der Waals surface area contributed by atoms with Gasteiger partial charge in [-0.05, 0) is 36.1 Å². The largest absolute Gasteiger partial charge is 0.481 e. The van der Waals surface area contributed by atoms with Crippen molar-refractivity contribution in [3.05, 3.63) is 119 Å². The number of carboxylic acid groups (broad SMARTS) is 1. The van der Waals surface area contributed by atoms with Gasteiger partial charge in [0.1, 0.15) is 0 Å². The topological polar surface area (TPSA) is 173 Å². The Morgan fingerprint density at radius 1 is 0.884 bits per heavy atom. The Balaban J connectivity index is 2.12. The number of aliphatic carboxylic acids is 1. The highest BCUT2D eigenvalue weighted by Gasteiger charge is 2.49. The number of benzene rings is 3. The maximum absolute atomic E-state index is 14.3.